The van der Waals surface area contributed by atoms with E-state index in [2.05, 4.69) is 35.6 Å². The molecule has 0 unspecified atom stereocenters. The highest BCUT2D eigenvalue weighted by Crippen LogP contribution is 2.38. The molecule has 2 fully saturated rings. The largest absolute Gasteiger partial charge is 0.444 e. The first-order chi connectivity index (χ1) is 10.9. The third kappa shape index (κ3) is 4.25. The summed E-state index contributed by atoms with van der Waals surface area (Å²) in [6.07, 6.45) is 2.17. The van der Waals surface area contributed by atoms with Gasteiger partial charge in [-0.15, -0.1) is 0 Å². The lowest BCUT2D eigenvalue weighted by molar-refractivity contribution is 0.0279. The molecule has 1 saturated heterocycles. The molecule has 2 aliphatic rings. The summed E-state index contributed by atoms with van der Waals surface area (Å²) >= 11 is 0. The normalized spacial score (nSPS) is 27.1. The van der Waals surface area contributed by atoms with Crippen LogP contribution in [0.5, 0.6) is 0 Å². The SMILES string of the molecule is CC(C)(C)OC(=O)N1C[C@H]2C[C@@H](NCc3ccccc3)C[C@H]2C1. The summed E-state index contributed by atoms with van der Waals surface area (Å²) in [5.41, 5.74) is 0.925. The first kappa shape index (κ1) is 16.3. The quantitative estimate of drug-likeness (QED) is 0.929. The second-order valence-electron chi connectivity index (χ2n) is 7.94. The fraction of sp³-hybridized carbons (Fsp3) is 0.632. The molecular weight excluding hydrogens is 288 g/mol. The van der Waals surface area contributed by atoms with E-state index in [-0.39, 0.29) is 6.09 Å². The Bertz CT molecular complexity index is 524. The zero-order valence-corrected chi connectivity index (χ0v) is 14.4. The Kier molecular flexibility index (Phi) is 4.62. The van der Waals surface area contributed by atoms with Crippen molar-refractivity contribution in [2.45, 2.75) is 51.8 Å². The van der Waals surface area contributed by atoms with Crippen molar-refractivity contribution < 1.29 is 9.53 Å². The van der Waals surface area contributed by atoms with E-state index in [0.717, 1.165) is 32.5 Å². The van der Waals surface area contributed by atoms with Crippen LogP contribution in [-0.2, 0) is 11.3 Å². The molecule has 0 radical (unpaired) electrons. The summed E-state index contributed by atoms with van der Waals surface area (Å²) in [6.45, 7) is 8.40. The standard InChI is InChI=1S/C19H28N2O2/c1-19(2,3)23-18(22)21-12-15-9-17(10-16(15)13-21)20-11-14-7-5-4-6-8-14/h4-8,15-17,20H,9-13H2,1-3H3/t15-,16+,17-. The van der Waals surface area contributed by atoms with Crippen molar-refractivity contribution in [3.63, 3.8) is 0 Å². The fourth-order valence-corrected chi connectivity index (χ4v) is 3.80. The zero-order chi connectivity index (χ0) is 16.4. The minimum Gasteiger partial charge on any atom is -0.444 e. The van der Waals surface area contributed by atoms with Crippen LogP contribution in [0.15, 0.2) is 30.3 Å². The Morgan fingerprint density at radius 2 is 1.78 bits per heavy atom. The van der Waals surface area contributed by atoms with Crippen LogP contribution >= 0.6 is 0 Å². The molecule has 0 bridgehead atoms. The smallest absolute Gasteiger partial charge is 0.410 e. The van der Waals surface area contributed by atoms with Gasteiger partial charge in [0.2, 0.25) is 0 Å². The molecule has 126 valence electrons. The predicted molar refractivity (Wildman–Crippen MR) is 91.1 cm³/mol. The maximum atomic E-state index is 12.2. The van der Waals surface area contributed by atoms with Crippen molar-refractivity contribution >= 4 is 6.09 Å². The van der Waals surface area contributed by atoms with E-state index in [9.17, 15) is 4.79 Å². The van der Waals surface area contributed by atoms with Gasteiger partial charge >= 0.3 is 6.09 Å². The number of rotatable bonds is 3. The number of nitrogens with one attached hydrogen (secondary N) is 1. The molecule has 1 saturated carbocycles. The first-order valence-electron chi connectivity index (χ1n) is 8.66. The summed E-state index contributed by atoms with van der Waals surface area (Å²) in [5.74, 6) is 1.24. The Hall–Kier alpha value is -1.55. The van der Waals surface area contributed by atoms with Gasteiger partial charge in [-0.1, -0.05) is 30.3 Å². The molecule has 1 amide bonds. The van der Waals surface area contributed by atoms with Crippen LogP contribution in [-0.4, -0.2) is 35.7 Å². The summed E-state index contributed by atoms with van der Waals surface area (Å²) in [4.78, 5) is 14.1. The lowest BCUT2D eigenvalue weighted by Gasteiger charge is -2.25. The first-order valence-corrected chi connectivity index (χ1v) is 8.66. The number of carbonyl (C=O) groups is 1. The Morgan fingerprint density at radius 1 is 1.17 bits per heavy atom. The van der Waals surface area contributed by atoms with Gasteiger partial charge in [0.1, 0.15) is 5.60 Å². The van der Waals surface area contributed by atoms with E-state index in [4.69, 9.17) is 4.74 Å². The van der Waals surface area contributed by atoms with E-state index in [0.29, 0.717) is 17.9 Å². The molecular formula is C19H28N2O2. The van der Waals surface area contributed by atoms with Crippen LogP contribution < -0.4 is 5.32 Å². The number of benzene rings is 1. The number of carbonyl (C=O) groups excluding carboxylic acids is 1. The number of hydrogen-bond acceptors (Lipinski definition) is 3. The summed E-state index contributed by atoms with van der Waals surface area (Å²) in [6, 6.07) is 11.1. The maximum absolute atomic E-state index is 12.2. The van der Waals surface area contributed by atoms with Gasteiger partial charge in [-0.05, 0) is 51.0 Å². The van der Waals surface area contributed by atoms with Gasteiger partial charge in [0.25, 0.3) is 0 Å². The highest BCUT2D eigenvalue weighted by Gasteiger charge is 2.43. The average Bonchev–Trinajstić information content (AvgIpc) is 3.02. The van der Waals surface area contributed by atoms with Crippen molar-refractivity contribution in [2.75, 3.05) is 13.1 Å². The summed E-state index contributed by atoms with van der Waals surface area (Å²) < 4.78 is 5.49. The van der Waals surface area contributed by atoms with Crippen molar-refractivity contribution in [3.8, 4) is 0 Å². The molecule has 23 heavy (non-hydrogen) atoms. The third-order valence-electron chi connectivity index (χ3n) is 4.84. The average molecular weight is 316 g/mol. The lowest BCUT2D eigenvalue weighted by atomic mass is 10.0. The van der Waals surface area contributed by atoms with E-state index in [1.54, 1.807) is 0 Å². The highest BCUT2D eigenvalue weighted by atomic mass is 16.6. The van der Waals surface area contributed by atoms with Crippen molar-refractivity contribution in [2.24, 2.45) is 11.8 Å². The second-order valence-corrected chi connectivity index (χ2v) is 7.94. The van der Waals surface area contributed by atoms with Gasteiger partial charge in [-0.25, -0.2) is 4.79 Å². The zero-order valence-electron chi connectivity index (χ0n) is 14.4. The topological polar surface area (TPSA) is 41.6 Å². The van der Waals surface area contributed by atoms with Gasteiger partial charge in [-0.3, -0.25) is 0 Å². The van der Waals surface area contributed by atoms with Gasteiger partial charge in [0.15, 0.2) is 0 Å². The van der Waals surface area contributed by atoms with Crippen LogP contribution in [0.3, 0.4) is 0 Å². The number of likely N-dealkylation sites (tertiary alicyclic amines) is 1. The molecule has 1 N–H and O–H groups in total. The molecule has 1 aliphatic carbocycles. The Morgan fingerprint density at radius 3 is 2.35 bits per heavy atom. The van der Waals surface area contributed by atoms with Crippen LogP contribution in [0.4, 0.5) is 4.79 Å². The number of amides is 1. The minimum absolute atomic E-state index is 0.152. The number of hydrogen-bond donors (Lipinski definition) is 1. The van der Waals surface area contributed by atoms with Crippen molar-refractivity contribution in [3.05, 3.63) is 35.9 Å². The molecule has 3 rings (SSSR count). The lowest BCUT2D eigenvalue weighted by Crippen LogP contribution is -2.37. The fourth-order valence-electron chi connectivity index (χ4n) is 3.80. The molecule has 3 atom stereocenters. The molecule has 4 nitrogen and oxygen atoms in total. The van der Waals surface area contributed by atoms with Gasteiger partial charge in [0, 0.05) is 25.7 Å². The highest BCUT2D eigenvalue weighted by molar-refractivity contribution is 5.68. The minimum atomic E-state index is -0.408. The van der Waals surface area contributed by atoms with Crippen LogP contribution in [0.2, 0.25) is 0 Å². The van der Waals surface area contributed by atoms with E-state index < -0.39 is 5.60 Å². The van der Waals surface area contributed by atoms with Crippen LogP contribution in [0.25, 0.3) is 0 Å². The van der Waals surface area contributed by atoms with Crippen molar-refractivity contribution in [1.29, 1.82) is 0 Å². The molecule has 0 aromatic heterocycles. The Labute approximate surface area is 139 Å². The monoisotopic (exact) mass is 316 g/mol. The van der Waals surface area contributed by atoms with Gasteiger partial charge in [0.05, 0.1) is 0 Å². The van der Waals surface area contributed by atoms with Crippen LogP contribution in [0, 0.1) is 11.8 Å². The summed E-state index contributed by atoms with van der Waals surface area (Å²) in [5, 5.41) is 3.67. The van der Waals surface area contributed by atoms with Crippen molar-refractivity contribution in [1.82, 2.24) is 10.2 Å². The number of ether oxygens (including phenoxy) is 1. The maximum Gasteiger partial charge on any atom is 0.410 e. The van der Waals surface area contributed by atoms with Gasteiger partial charge < -0.3 is 15.0 Å². The molecule has 1 aromatic carbocycles. The number of nitrogens with zero attached hydrogens (tertiary/aromatic N) is 1. The molecule has 1 aromatic rings. The number of fused-ring (bicyclic) bond motifs is 1. The molecule has 4 heteroatoms. The second kappa shape index (κ2) is 6.52. The van der Waals surface area contributed by atoms with E-state index in [1.807, 2.05) is 25.7 Å². The molecule has 0 spiro atoms. The van der Waals surface area contributed by atoms with Crippen LogP contribution in [0.1, 0.15) is 39.2 Å². The third-order valence-corrected chi connectivity index (χ3v) is 4.84. The van der Waals surface area contributed by atoms with E-state index in [1.165, 1.54) is 5.56 Å². The molecule has 1 heterocycles. The Balaban J connectivity index is 1.45. The van der Waals surface area contributed by atoms with E-state index >= 15 is 0 Å². The summed E-state index contributed by atoms with van der Waals surface area (Å²) in [7, 11) is 0. The predicted octanol–water partition coefficient (Wildman–Crippen LogP) is 3.42. The van der Waals surface area contributed by atoms with Gasteiger partial charge in [-0.2, -0.15) is 0 Å². The molecule has 1 aliphatic heterocycles.